The zero-order valence-electron chi connectivity index (χ0n) is 10.1. The monoisotopic (exact) mass is 263 g/mol. The van der Waals surface area contributed by atoms with E-state index in [-0.39, 0.29) is 15.7 Å². The van der Waals surface area contributed by atoms with Crippen molar-refractivity contribution in [1.82, 2.24) is 4.98 Å². The quantitative estimate of drug-likeness (QED) is 0.852. The maximum Gasteiger partial charge on any atom is 0.227 e. The van der Waals surface area contributed by atoms with Crippen LogP contribution < -0.4 is 4.74 Å². The summed E-state index contributed by atoms with van der Waals surface area (Å²) in [6.07, 6.45) is 1.43. The fourth-order valence-corrected chi connectivity index (χ4v) is 2.90. The maximum absolute atomic E-state index is 12.4. The molecule has 0 saturated carbocycles. The lowest BCUT2D eigenvalue weighted by atomic mass is 10.2. The summed E-state index contributed by atoms with van der Waals surface area (Å²) in [5.74, 6) is 0.248. The molecule has 0 atom stereocenters. The molecular weight excluding hydrogens is 250 g/mol. The van der Waals surface area contributed by atoms with Crippen LogP contribution in [0.1, 0.15) is 5.56 Å². The van der Waals surface area contributed by atoms with Gasteiger partial charge in [-0.2, -0.15) is 0 Å². The van der Waals surface area contributed by atoms with Crippen LogP contribution in [0.25, 0.3) is 0 Å². The number of benzene rings is 1. The number of aryl methyl sites for hydroxylation is 1. The Labute approximate surface area is 106 Å². The Kier molecular flexibility index (Phi) is 3.34. The van der Waals surface area contributed by atoms with Crippen LogP contribution in [0.5, 0.6) is 5.75 Å². The molecule has 0 N–H and O–H groups in total. The normalized spacial score (nSPS) is 11.2. The van der Waals surface area contributed by atoms with Gasteiger partial charge < -0.3 is 4.74 Å². The van der Waals surface area contributed by atoms with E-state index in [1.807, 2.05) is 6.92 Å². The number of rotatable bonds is 3. The van der Waals surface area contributed by atoms with E-state index in [0.29, 0.717) is 0 Å². The number of nitrogens with zero attached hydrogens (tertiary/aromatic N) is 1. The summed E-state index contributed by atoms with van der Waals surface area (Å²) >= 11 is 0. The van der Waals surface area contributed by atoms with E-state index in [0.717, 1.165) is 5.56 Å². The van der Waals surface area contributed by atoms with Gasteiger partial charge in [-0.3, -0.25) is 0 Å². The van der Waals surface area contributed by atoms with Gasteiger partial charge in [-0.25, -0.2) is 13.4 Å². The van der Waals surface area contributed by atoms with Crippen molar-refractivity contribution in [3.63, 3.8) is 0 Å². The molecule has 0 saturated heterocycles. The fraction of sp³-hybridized carbons (Fsp3) is 0.154. The third-order valence-corrected chi connectivity index (χ3v) is 4.25. The van der Waals surface area contributed by atoms with Crippen LogP contribution in [-0.2, 0) is 9.84 Å². The van der Waals surface area contributed by atoms with Crippen LogP contribution in [0.4, 0.5) is 0 Å². The molecule has 0 amide bonds. The summed E-state index contributed by atoms with van der Waals surface area (Å²) in [5, 5.41) is -0.0589. The Balaban J connectivity index is 2.58. The Morgan fingerprint density at radius 2 is 1.78 bits per heavy atom. The summed E-state index contributed by atoms with van der Waals surface area (Å²) < 4.78 is 29.8. The smallest absolute Gasteiger partial charge is 0.227 e. The van der Waals surface area contributed by atoms with Crippen molar-refractivity contribution in [3.05, 3.63) is 48.2 Å². The molecule has 2 aromatic rings. The maximum atomic E-state index is 12.4. The van der Waals surface area contributed by atoms with Crippen molar-refractivity contribution in [2.45, 2.75) is 16.8 Å². The summed E-state index contributed by atoms with van der Waals surface area (Å²) in [4.78, 5) is 4.12. The molecule has 0 aliphatic rings. The second-order valence-corrected chi connectivity index (χ2v) is 5.69. The Morgan fingerprint density at radius 1 is 1.11 bits per heavy atom. The van der Waals surface area contributed by atoms with Crippen LogP contribution in [0, 0.1) is 6.92 Å². The van der Waals surface area contributed by atoms with Crippen LogP contribution in [-0.4, -0.2) is 20.5 Å². The van der Waals surface area contributed by atoms with E-state index in [1.54, 1.807) is 36.4 Å². The lowest BCUT2D eigenvalue weighted by molar-refractivity contribution is 0.398. The lowest BCUT2D eigenvalue weighted by Gasteiger charge is -2.08. The van der Waals surface area contributed by atoms with Crippen molar-refractivity contribution in [2.24, 2.45) is 0 Å². The van der Waals surface area contributed by atoms with Gasteiger partial charge in [0.15, 0.2) is 5.75 Å². The van der Waals surface area contributed by atoms with E-state index in [9.17, 15) is 8.42 Å². The summed E-state index contributed by atoms with van der Waals surface area (Å²) in [5.41, 5.74) is 1.00. The van der Waals surface area contributed by atoms with Gasteiger partial charge in [0.1, 0.15) is 0 Å². The Morgan fingerprint density at radius 3 is 2.39 bits per heavy atom. The molecule has 0 unspecified atom stereocenters. The van der Waals surface area contributed by atoms with Crippen molar-refractivity contribution in [1.29, 1.82) is 0 Å². The largest absolute Gasteiger partial charge is 0.494 e. The molecule has 18 heavy (non-hydrogen) atoms. The third-order valence-electron chi connectivity index (χ3n) is 2.54. The predicted molar refractivity (Wildman–Crippen MR) is 67.4 cm³/mol. The van der Waals surface area contributed by atoms with Crippen molar-refractivity contribution >= 4 is 9.84 Å². The zero-order valence-corrected chi connectivity index (χ0v) is 10.9. The first-order valence-electron chi connectivity index (χ1n) is 5.36. The average molecular weight is 263 g/mol. The number of aromatic nitrogens is 1. The number of sulfone groups is 1. The van der Waals surface area contributed by atoms with Gasteiger partial charge in [-0.1, -0.05) is 17.7 Å². The number of hydrogen-bond acceptors (Lipinski definition) is 4. The zero-order chi connectivity index (χ0) is 13.2. The highest BCUT2D eigenvalue weighted by Gasteiger charge is 2.23. The summed E-state index contributed by atoms with van der Waals surface area (Å²) in [7, 11) is -2.21. The molecule has 1 aromatic carbocycles. The molecule has 4 nitrogen and oxygen atoms in total. The molecule has 1 heterocycles. The highest BCUT2D eigenvalue weighted by molar-refractivity contribution is 7.91. The third kappa shape index (κ3) is 2.22. The van der Waals surface area contributed by atoms with Crippen LogP contribution in [0.3, 0.4) is 0 Å². The van der Waals surface area contributed by atoms with Crippen LogP contribution in [0.2, 0.25) is 0 Å². The molecule has 0 bridgehead atoms. The average Bonchev–Trinajstić information content (AvgIpc) is 2.39. The molecular formula is C13H13NO3S. The van der Waals surface area contributed by atoms with Gasteiger partial charge in [0.2, 0.25) is 14.9 Å². The Hall–Kier alpha value is -1.88. The molecule has 5 heteroatoms. The van der Waals surface area contributed by atoms with Crippen molar-refractivity contribution in [2.75, 3.05) is 7.11 Å². The molecule has 2 rings (SSSR count). The topological polar surface area (TPSA) is 56.3 Å². The standard InChI is InChI=1S/C13H13NO3S/c1-10-5-7-11(8-6-10)18(15,16)13-12(17-2)4-3-9-14-13/h3-9H,1-2H3. The molecule has 0 aliphatic heterocycles. The second-order valence-electron chi connectivity index (χ2n) is 3.83. The van der Waals surface area contributed by atoms with E-state index >= 15 is 0 Å². The number of ether oxygens (including phenoxy) is 1. The van der Waals surface area contributed by atoms with E-state index in [1.165, 1.54) is 13.3 Å². The van der Waals surface area contributed by atoms with Gasteiger partial charge >= 0.3 is 0 Å². The summed E-state index contributed by atoms with van der Waals surface area (Å²) in [6, 6.07) is 9.85. The molecule has 0 spiro atoms. The minimum absolute atomic E-state index is 0.0589. The van der Waals surface area contributed by atoms with Gasteiger partial charge in [0, 0.05) is 6.20 Å². The molecule has 94 valence electrons. The first kappa shape index (κ1) is 12.6. The SMILES string of the molecule is COc1cccnc1S(=O)(=O)c1ccc(C)cc1. The Bertz CT molecular complexity index is 648. The molecule has 0 aliphatic carbocycles. The number of methoxy groups -OCH3 is 1. The minimum atomic E-state index is -3.63. The van der Waals surface area contributed by atoms with Gasteiger partial charge in [0.25, 0.3) is 0 Å². The van der Waals surface area contributed by atoms with Crippen LogP contribution >= 0.6 is 0 Å². The first-order chi connectivity index (χ1) is 8.55. The fourth-order valence-electron chi connectivity index (χ4n) is 1.56. The molecule has 0 radical (unpaired) electrons. The highest BCUT2D eigenvalue weighted by Crippen LogP contribution is 2.26. The molecule has 0 fully saturated rings. The van der Waals surface area contributed by atoms with Crippen molar-refractivity contribution < 1.29 is 13.2 Å². The van der Waals surface area contributed by atoms with Crippen molar-refractivity contribution in [3.8, 4) is 5.75 Å². The van der Waals surface area contributed by atoms with Gasteiger partial charge in [0.05, 0.1) is 12.0 Å². The van der Waals surface area contributed by atoms with E-state index in [4.69, 9.17) is 4.74 Å². The number of pyridine rings is 1. The lowest BCUT2D eigenvalue weighted by Crippen LogP contribution is -2.06. The first-order valence-corrected chi connectivity index (χ1v) is 6.85. The highest BCUT2D eigenvalue weighted by atomic mass is 32.2. The predicted octanol–water partition coefficient (Wildman–Crippen LogP) is 2.23. The second kappa shape index (κ2) is 4.78. The van der Waals surface area contributed by atoms with E-state index in [2.05, 4.69) is 4.98 Å². The van der Waals surface area contributed by atoms with E-state index < -0.39 is 9.84 Å². The molecule has 1 aromatic heterocycles. The number of hydrogen-bond donors (Lipinski definition) is 0. The van der Waals surface area contributed by atoms with Gasteiger partial charge in [-0.05, 0) is 31.2 Å². The van der Waals surface area contributed by atoms with Crippen LogP contribution in [0.15, 0.2) is 52.5 Å². The summed E-state index contributed by atoms with van der Waals surface area (Å²) in [6.45, 7) is 1.90. The van der Waals surface area contributed by atoms with Gasteiger partial charge in [-0.15, -0.1) is 0 Å². The minimum Gasteiger partial charge on any atom is -0.494 e.